The average molecular weight is 232 g/mol. The van der Waals surface area contributed by atoms with Crippen LogP contribution in [-0.2, 0) is 13.6 Å². The smallest absolute Gasteiger partial charge is 0.308 e. The van der Waals surface area contributed by atoms with Gasteiger partial charge in [-0.1, -0.05) is 0 Å². The minimum absolute atomic E-state index is 0.121. The highest BCUT2D eigenvalue weighted by atomic mass is 31.2. The predicted molar refractivity (Wildman–Crippen MR) is 60.2 cm³/mol. The molecule has 0 spiro atoms. The summed E-state index contributed by atoms with van der Waals surface area (Å²) in [6, 6.07) is 0. The molecule has 0 heterocycles. The van der Waals surface area contributed by atoms with Gasteiger partial charge in [0.25, 0.3) is 0 Å². The Kier molecular flexibility index (Phi) is 3.25. The fourth-order valence-electron chi connectivity index (χ4n) is 3.20. The molecule has 0 saturated heterocycles. The van der Waals surface area contributed by atoms with E-state index < -0.39 is 7.60 Å². The molecule has 2 saturated carbocycles. The van der Waals surface area contributed by atoms with E-state index >= 15 is 0 Å². The minimum atomic E-state index is -2.86. The van der Waals surface area contributed by atoms with E-state index in [-0.39, 0.29) is 5.16 Å². The van der Waals surface area contributed by atoms with Gasteiger partial charge in [-0.15, -0.1) is 0 Å². The van der Waals surface area contributed by atoms with E-state index in [1.54, 1.807) is 0 Å². The molecule has 0 aromatic heterocycles. The van der Waals surface area contributed by atoms with Gasteiger partial charge < -0.3 is 9.05 Å². The monoisotopic (exact) mass is 232 g/mol. The zero-order valence-corrected chi connectivity index (χ0v) is 10.6. The third kappa shape index (κ3) is 1.79. The Labute approximate surface area is 92.1 Å². The van der Waals surface area contributed by atoms with Crippen molar-refractivity contribution in [2.45, 2.75) is 51.1 Å². The Morgan fingerprint density at radius 3 is 2.07 bits per heavy atom. The molecule has 0 N–H and O–H groups in total. The summed E-state index contributed by atoms with van der Waals surface area (Å²) in [6.45, 7) is 4.76. The van der Waals surface area contributed by atoms with Crippen LogP contribution in [0, 0.1) is 5.92 Å². The standard InChI is InChI=1S/C11H21O3P/c1-3-13-15(12,14-4-2)11-7-5-10(9-11)6-8-11/h10H,3-9H2,1-2H3. The van der Waals surface area contributed by atoms with Gasteiger partial charge in [0.1, 0.15) is 0 Å². The Hall–Kier alpha value is 0.150. The first-order valence-corrected chi connectivity index (χ1v) is 7.59. The van der Waals surface area contributed by atoms with Crippen LogP contribution in [0.4, 0.5) is 0 Å². The van der Waals surface area contributed by atoms with Gasteiger partial charge in [-0.05, 0) is 51.9 Å². The van der Waals surface area contributed by atoms with Gasteiger partial charge in [-0.2, -0.15) is 0 Å². The van der Waals surface area contributed by atoms with E-state index in [2.05, 4.69) is 0 Å². The van der Waals surface area contributed by atoms with Crippen molar-refractivity contribution < 1.29 is 13.6 Å². The second kappa shape index (κ2) is 4.20. The summed E-state index contributed by atoms with van der Waals surface area (Å²) < 4.78 is 23.8. The molecule has 2 aliphatic rings. The minimum Gasteiger partial charge on any atom is -0.308 e. The average Bonchev–Trinajstić information content (AvgIpc) is 2.79. The summed E-state index contributed by atoms with van der Waals surface area (Å²) in [4.78, 5) is 0. The highest BCUT2D eigenvalue weighted by Crippen LogP contribution is 2.72. The zero-order valence-electron chi connectivity index (χ0n) is 9.70. The fourth-order valence-corrected chi connectivity index (χ4v) is 5.79. The first-order chi connectivity index (χ1) is 7.16. The molecule has 2 bridgehead atoms. The van der Waals surface area contributed by atoms with Crippen molar-refractivity contribution in [1.29, 1.82) is 0 Å². The lowest BCUT2D eigenvalue weighted by Crippen LogP contribution is -2.25. The normalized spacial score (nSPS) is 34.9. The molecule has 15 heavy (non-hydrogen) atoms. The lowest BCUT2D eigenvalue weighted by atomic mass is 10.0. The number of hydrogen-bond acceptors (Lipinski definition) is 3. The Balaban J connectivity index is 2.20. The molecule has 2 rings (SSSR count). The van der Waals surface area contributed by atoms with Crippen LogP contribution in [0.5, 0.6) is 0 Å². The van der Waals surface area contributed by atoms with Gasteiger partial charge in [-0.25, -0.2) is 0 Å². The largest absolute Gasteiger partial charge is 0.336 e. The molecule has 0 amide bonds. The van der Waals surface area contributed by atoms with Gasteiger partial charge in [0.05, 0.1) is 18.4 Å². The molecule has 2 fully saturated rings. The van der Waals surface area contributed by atoms with Crippen molar-refractivity contribution >= 4 is 7.60 Å². The molecule has 0 radical (unpaired) electrons. The van der Waals surface area contributed by atoms with E-state index in [0.29, 0.717) is 13.2 Å². The summed E-state index contributed by atoms with van der Waals surface area (Å²) >= 11 is 0. The molecule has 0 atom stereocenters. The molecule has 4 heteroatoms. The van der Waals surface area contributed by atoms with Crippen LogP contribution in [0.25, 0.3) is 0 Å². The van der Waals surface area contributed by atoms with Gasteiger partial charge in [0.2, 0.25) is 0 Å². The lowest BCUT2D eigenvalue weighted by molar-refractivity contribution is 0.195. The maximum absolute atomic E-state index is 12.8. The van der Waals surface area contributed by atoms with E-state index in [9.17, 15) is 4.57 Å². The van der Waals surface area contributed by atoms with Crippen molar-refractivity contribution in [3.8, 4) is 0 Å². The molecule has 88 valence electrons. The van der Waals surface area contributed by atoms with Crippen LogP contribution >= 0.6 is 7.60 Å². The van der Waals surface area contributed by atoms with E-state index in [4.69, 9.17) is 9.05 Å². The lowest BCUT2D eigenvalue weighted by Gasteiger charge is -2.33. The number of fused-ring (bicyclic) bond motifs is 2. The predicted octanol–water partition coefficient (Wildman–Crippen LogP) is 3.59. The Bertz CT molecular complexity index is 259. The topological polar surface area (TPSA) is 35.5 Å². The highest BCUT2D eigenvalue weighted by Gasteiger charge is 2.58. The third-order valence-electron chi connectivity index (χ3n) is 3.88. The van der Waals surface area contributed by atoms with Crippen LogP contribution in [-0.4, -0.2) is 18.4 Å². The van der Waals surface area contributed by atoms with Crippen molar-refractivity contribution in [3.63, 3.8) is 0 Å². The maximum Gasteiger partial charge on any atom is 0.336 e. The summed E-state index contributed by atoms with van der Waals surface area (Å²) in [5, 5.41) is -0.121. The maximum atomic E-state index is 12.8. The molecular formula is C11H21O3P. The highest BCUT2D eigenvalue weighted by molar-refractivity contribution is 7.55. The number of hydrogen-bond donors (Lipinski definition) is 0. The van der Waals surface area contributed by atoms with Gasteiger partial charge >= 0.3 is 7.60 Å². The van der Waals surface area contributed by atoms with Crippen molar-refractivity contribution in [3.05, 3.63) is 0 Å². The number of rotatable bonds is 5. The Morgan fingerprint density at radius 1 is 1.20 bits per heavy atom. The van der Waals surface area contributed by atoms with E-state index in [1.807, 2.05) is 13.8 Å². The van der Waals surface area contributed by atoms with Gasteiger partial charge in [0.15, 0.2) is 0 Å². The van der Waals surface area contributed by atoms with Crippen LogP contribution in [0.1, 0.15) is 46.0 Å². The second-order valence-corrected chi connectivity index (χ2v) is 7.16. The molecule has 0 aromatic rings. The first kappa shape index (κ1) is 11.6. The molecule has 0 aliphatic heterocycles. The van der Waals surface area contributed by atoms with Gasteiger partial charge in [-0.3, -0.25) is 4.57 Å². The summed E-state index contributed by atoms with van der Waals surface area (Å²) in [5.74, 6) is 0.777. The van der Waals surface area contributed by atoms with Crippen molar-refractivity contribution in [2.75, 3.05) is 13.2 Å². The van der Waals surface area contributed by atoms with E-state index in [1.165, 1.54) is 12.8 Å². The summed E-state index contributed by atoms with van der Waals surface area (Å²) in [5.41, 5.74) is 0. The van der Waals surface area contributed by atoms with Gasteiger partial charge in [0, 0.05) is 0 Å². The first-order valence-electron chi connectivity index (χ1n) is 6.05. The third-order valence-corrected chi connectivity index (χ3v) is 6.87. The van der Waals surface area contributed by atoms with E-state index in [0.717, 1.165) is 25.2 Å². The summed E-state index contributed by atoms with van der Waals surface area (Å²) in [6.07, 6.45) is 5.56. The fraction of sp³-hybridized carbons (Fsp3) is 1.00. The summed E-state index contributed by atoms with van der Waals surface area (Å²) in [7, 11) is -2.86. The molecule has 3 nitrogen and oxygen atoms in total. The second-order valence-electron chi connectivity index (χ2n) is 4.70. The van der Waals surface area contributed by atoms with Crippen molar-refractivity contribution in [1.82, 2.24) is 0 Å². The molecule has 0 unspecified atom stereocenters. The van der Waals surface area contributed by atoms with Crippen LogP contribution in [0.3, 0.4) is 0 Å². The van der Waals surface area contributed by atoms with Crippen LogP contribution in [0.2, 0.25) is 0 Å². The zero-order chi connectivity index (χ0) is 10.9. The molecule has 0 aromatic carbocycles. The SMILES string of the molecule is CCOP(=O)(OCC)C12CCC(CC1)C2. The quantitative estimate of drug-likeness (QED) is 0.679. The van der Waals surface area contributed by atoms with Crippen LogP contribution < -0.4 is 0 Å². The van der Waals surface area contributed by atoms with Crippen LogP contribution in [0.15, 0.2) is 0 Å². The molecule has 2 aliphatic carbocycles. The van der Waals surface area contributed by atoms with Crippen molar-refractivity contribution in [2.24, 2.45) is 5.92 Å². The molecular weight excluding hydrogens is 211 g/mol. The Morgan fingerprint density at radius 2 is 1.73 bits per heavy atom.